The van der Waals surface area contributed by atoms with Crippen LogP contribution in [0.1, 0.15) is 20.8 Å². The molecule has 3 aromatic carbocycles. The van der Waals surface area contributed by atoms with E-state index in [4.69, 9.17) is 5.73 Å². The van der Waals surface area contributed by atoms with Gasteiger partial charge < -0.3 is 15.2 Å². The van der Waals surface area contributed by atoms with E-state index in [0.29, 0.717) is 6.04 Å². The molecule has 0 aliphatic carbocycles. The third kappa shape index (κ3) is 2.65. The van der Waals surface area contributed by atoms with Gasteiger partial charge in [-0.3, -0.25) is 0 Å². The Kier molecular flexibility index (Phi) is 4.17. The topological polar surface area (TPSA) is 34.2 Å². The molecule has 0 amide bonds. The quantitative estimate of drug-likeness (QED) is 0.510. The lowest BCUT2D eigenvalue weighted by Crippen LogP contribution is -2.44. The minimum atomic E-state index is -0.0398. The number of anilines is 1. The van der Waals surface area contributed by atoms with Crippen LogP contribution >= 0.6 is 0 Å². The third-order valence-electron chi connectivity index (χ3n) is 4.96. The van der Waals surface area contributed by atoms with Crippen LogP contribution in [0.2, 0.25) is 0 Å². The molecule has 4 rings (SSSR count). The number of fused-ring (bicyclic) bond motifs is 3. The number of rotatable bonds is 4. The van der Waals surface area contributed by atoms with Crippen molar-refractivity contribution in [1.29, 1.82) is 0 Å². The Labute approximate surface area is 154 Å². The fraction of sp³-hybridized carbons (Fsp3) is 0.217. The van der Waals surface area contributed by atoms with Crippen LogP contribution in [-0.2, 0) is 0 Å². The molecule has 0 spiro atoms. The van der Waals surface area contributed by atoms with Gasteiger partial charge in [-0.15, -0.1) is 0 Å². The van der Waals surface area contributed by atoms with Gasteiger partial charge in [-0.2, -0.15) is 0 Å². The average Bonchev–Trinajstić information content (AvgIpc) is 2.95. The highest BCUT2D eigenvalue weighted by atomic mass is 15.2. The predicted molar refractivity (Wildman–Crippen MR) is 112 cm³/mol. The fourth-order valence-electron chi connectivity index (χ4n) is 3.98. The van der Waals surface area contributed by atoms with E-state index < -0.39 is 0 Å². The molecular weight excluding hydrogens is 318 g/mol. The minimum Gasteiger partial charge on any atom is -0.354 e. The maximum absolute atomic E-state index is 6.26. The molecule has 1 aromatic heterocycles. The van der Waals surface area contributed by atoms with Crippen LogP contribution in [0, 0.1) is 0 Å². The second-order valence-corrected chi connectivity index (χ2v) is 7.13. The molecule has 1 heterocycles. The predicted octanol–water partition coefficient (Wildman–Crippen LogP) is 5.30. The zero-order chi connectivity index (χ0) is 18.3. The number of aromatic nitrogens is 1. The summed E-state index contributed by atoms with van der Waals surface area (Å²) in [5.74, 6) is 0. The molecule has 0 aliphatic heterocycles. The highest BCUT2D eigenvalue weighted by Crippen LogP contribution is 2.34. The molecule has 1 atom stereocenters. The summed E-state index contributed by atoms with van der Waals surface area (Å²) >= 11 is 0. The summed E-state index contributed by atoms with van der Waals surface area (Å²) in [4.78, 5) is 2.26. The number of benzene rings is 3. The van der Waals surface area contributed by atoms with Gasteiger partial charge in [0.15, 0.2) is 0 Å². The third-order valence-corrected chi connectivity index (χ3v) is 4.96. The summed E-state index contributed by atoms with van der Waals surface area (Å²) in [7, 11) is 0. The van der Waals surface area contributed by atoms with E-state index in [1.807, 2.05) is 6.92 Å². The van der Waals surface area contributed by atoms with Gasteiger partial charge in [-0.05, 0) is 51.1 Å². The second-order valence-electron chi connectivity index (χ2n) is 7.13. The Bertz CT molecular complexity index is 1040. The van der Waals surface area contributed by atoms with Crippen LogP contribution in [0.15, 0.2) is 72.8 Å². The van der Waals surface area contributed by atoms with Gasteiger partial charge in [-0.1, -0.05) is 42.5 Å². The molecular formula is C23H25N3. The Balaban J connectivity index is 2.05. The first kappa shape index (κ1) is 16.7. The molecule has 0 aliphatic rings. The van der Waals surface area contributed by atoms with Crippen LogP contribution in [0.4, 0.5) is 5.69 Å². The summed E-state index contributed by atoms with van der Waals surface area (Å²) in [5, 5.41) is 2.54. The highest BCUT2D eigenvalue weighted by Gasteiger charge is 2.18. The van der Waals surface area contributed by atoms with Gasteiger partial charge in [0.25, 0.3) is 0 Å². The zero-order valence-corrected chi connectivity index (χ0v) is 15.6. The van der Waals surface area contributed by atoms with E-state index in [0.717, 1.165) is 5.69 Å². The van der Waals surface area contributed by atoms with Crippen LogP contribution in [0.5, 0.6) is 0 Å². The van der Waals surface area contributed by atoms with E-state index in [1.165, 1.54) is 27.5 Å². The summed E-state index contributed by atoms with van der Waals surface area (Å²) in [5.41, 5.74) is 11.0. The molecule has 0 saturated heterocycles. The lowest BCUT2D eigenvalue weighted by molar-refractivity contribution is 0.590. The van der Waals surface area contributed by atoms with Gasteiger partial charge >= 0.3 is 0 Å². The van der Waals surface area contributed by atoms with E-state index in [1.54, 1.807) is 0 Å². The summed E-state index contributed by atoms with van der Waals surface area (Å²) in [6, 6.07) is 26.2. The Morgan fingerprint density at radius 1 is 0.769 bits per heavy atom. The summed E-state index contributed by atoms with van der Waals surface area (Å²) in [6.45, 7) is 6.40. The van der Waals surface area contributed by atoms with E-state index in [2.05, 4.69) is 96.1 Å². The van der Waals surface area contributed by atoms with Crippen molar-refractivity contribution in [3.8, 4) is 5.69 Å². The minimum absolute atomic E-state index is 0.0398. The normalized spacial score (nSPS) is 12.8. The number of hydrogen-bond acceptors (Lipinski definition) is 2. The first-order valence-electron chi connectivity index (χ1n) is 9.20. The molecule has 1 unspecified atom stereocenters. The summed E-state index contributed by atoms with van der Waals surface area (Å²) < 4.78 is 2.34. The van der Waals surface area contributed by atoms with E-state index >= 15 is 0 Å². The molecule has 0 radical (unpaired) electrons. The van der Waals surface area contributed by atoms with Crippen molar-refractivity contribution in [2.24, 2.45) is 5.73 Å². The van der Waals surface area contributed by atoms with Gasteiger partial charge in [0.05, 0.1) is 17.2 Å². The lowest BCUT2D eigenvalue weighted by atomic mass is 10.1. The van der Waals surface area contributed by atoms with Crippen molar-refractivity contribution in [3.63, 3.8) is 0 Å². The van der Waals surface area contributed by atoms with Gasteiger partial charge in [0.2, 0.25) is 0 Å². The first-order valence-corrected chi connectivity index (χ1v) is 9.20. The molecule has 2 N–H and O–H groups in total. The molecule has 132 valence electrons. The Morgan fingerprint density at radius 3 is 2.12 bits per heavy atom. The summed E-state index contributed by atoms with van der Waals surface area (Å²) in [6.07, 6.45) is -0.0398. The number of nitrogens with zero attached hydrogens (tertiary/aromatic N) is 2. The van der Waals surface area contributed by atoms with Gasteiger partial charge in [-0.25, -0.2) is 0 Å². The van der Waals surface area contributed by atoms with Crippen LogP contribution < -0.4 is 10.6 Å². The van der Waals surface area contributed by atoms with Crippen molar-refractivity contribution < 1.29 is 0 Å². The van der Waals surface area contributed by atoms with Crippen molar-refractivity contribution >= 4 is 27.5 Å². The molecule has 4 aromatic rings. The second kappa shape index (κ2) is 6.50. The fourth-order valence-corrected chi connectivity index (χ4v) is 3.98. The zero-order valence-electron chi connectivity index (χ0n) is 15.6. The highest BCUT2D eigenvalue weighted by molar-refractivity contribution is 6.10. The molecule has 0 fully saturated rings. The van der Waals surface area contributed by atoms with Gasteiger partial charge in [0, 0.05) is 28.2 Å². The number of nitrogens with two attached hydrogens (primary N) is 1. The van der Waals surface area contributed by atoms with Crippen LogP contribution in [0.3, 0.4) is 0 Å². The van der Waals surface area contributed by atoms with Crippen molar-refractivity contribution in [2.75, 3.05) is 4.90 Å². The van der Waals surface area contributed by atoms with Crippen molar-refractivity contribution in [3.05, 3.63) is 72.8 Å². The Morgan fingerprint density at radius 2 is 1.42 bits per heavy atom. The largest absolute Gasteiger partial charge is 0.354 e. The van der Waals surface area contributed by atoms with Gasteiger partial charge in [0.1, 0.15) is 0 Å². The first-order chi connectivity index (χ1) is 12.6. The standard InChI is InChI=1S/C23H25N3/c1-16(2)25(17(3)24)19-13-14-21-20-11-7-8-12-22(20)26(23(21)15-19)18-9-5-4-6-10-18/h4-17H,24H2,1-3H3. The van der Waals surface area contributed by atoms with Crippen LogP contribution in [-0.4, -0.2) is 16.8 Å². The molecule has 3 heteroatoms. The average molecular weight is 343 g/mol. The van der Waals surface area contributed by atoms with E-state index in [9.17, 15) is 0 Å². The monoisotopic (exact) mass is 343 g/mol. The van der Waals surface area contributed by atoms with Crippen LogP contribution in [0.25, 0.3) is 27.5 Å². The molecule has 26 heavy (non-hydrogen) atoms. The maximum atomic E-state index is 6.26. The Hall–Kier alpha value is -2.78. The maximum Gasteiger partial charge on any atom is 0.0745 e. The molecule has 0 saturated carbocycles. The number of hydrogen-bond donors (Lipinski definition) is 1. The number of para-hydroxylation sites is 2. The SMILES string of the molecule is CC(C)N(c1ccc2c3ccccc3n(-c3ccccc3)c2c1)C(C)N. The molecule has 0 bridgehead atoms. The van der Waals surface area contributed by atoms with Crippen molar-refractivity contribution in [1.82, 2.24) is 4.57 Å². The van der Waals surface area contributed by atoms with E-state index in [-0.39, 0.29) is 6.17 Å². The smallest absolute Gasteiger partial charge is 0.0745 e. The van der Waals surface area contributed by atoms with Crippen molar-refractivity contribution in [2.45, 2.75) is 33.0 Å². The lowest BCUT2D eigenvalue weighted by Gasteiger charge is -2.32. The molecule has 3 nitrogen and oxygen atoms in total.